The first kappa shape index (κ1) is 13.0. The SMILES string of the molecule is CC(C)C(Nc1ccc2nccnc2n1)c1cccs1. The zero-order valence-electron chi connectivity index (χ0n) is 11.4. The van der Waals surface area contributed by atoms with E-state index in [4.69, 9.17) is 0 Å². The van der Waals surface area contributed by atoms with Crippen LogP contribution in [0.4, 0.5) is 5.82 Å². The Balaban J connectivity index is 1.90. The monoisotopic (exact) mass is 284 g/mol. The molecular formula is C15H16N4S. The number of pyridine rings is 1. The van der Waals surface area contributed by atoms with Crippen molar-refractivity contribution in [2.45, 2.75) is 19.9 Å². The second-order valence-electron chi connectivity index (χ2n) is 4.98. The van der Waals surface area contributed by atoms with Gasteiger partial charge in [-0.25, -0.2) is 9.97 Å². The zero-order chi connectivity index (χ0) is 13.9. The van der Waals surface area contributed by atoms with Crippen LogP contribution in [-0.2, 0) is 0 Å². The Morgan fingerprint density at radius 2 is 1.95 bits per heavy atom. The number of fused-ring (bicyclic) bond motifs is 1. The fourth-order valence-corrected chi connectivity index (χ4v) is 3.08. The van der Waals surface area contributed by atoms with Crippen molar-refractivity contribution in [2.24, 2.45) is 5.92 Å². The topological polar surface area (TPSA) is 50.7 Å². The molecule has 0 spiro atoms. The Bertz CT molecular complexity index is 694. The molecule has 0 aliphatic carbocycles. The van der Waals surface area contributed by atoms with Gasteiger partial charge in [0.25, 0.3) is 0 Å². The number of rotatable bonds is 4. The first-order valence-corrected chi connectivity index (χ1v) is 7.50. The van der Waals surface area contributed by atoms with Crippen LogP contribution in [0.2, 0.25) is 0 Å². The summed E-state index contributed by atoms with van der Waals surface area (Å²) in [6, 6.07) is 8.40. The van der Waals surface area contributed by atoms with Gasteiger partial charge in [-0.3, -0.25) is 4.98 Å². The molecule has 0 saturated heterocycles. The van der Waals surface area contributed by atoms with Crippen molar-refractivity contribution in [3.8, 4) is 0 Å². The van der Waals surface area contributed by atoms with Crippen LogP contribution in [0.15, 0.2) is 42.0 Å². The average Bonchev–Trinajstić information content (AvgIpc) is 2.98. The fourth-order valence-electron chi connectivity index (χ4n) is 2.13. The third kappa shape index (κ3) is 2.63. The number of thiophene rings is 1. The minimum atomic E-state index is 0.261. The second kappa shape index (κ2) is 5.54. The molecule has 0 saturated carbocycles. The van der Waals surface area contributed by atoms with Gasteiger partial charge in [-0.2, -0.15) is 0 Å². The summed E-state index contributed by atoms with van der Waals surface area (Å²) in [6.07, 6.45) is 3.35. The number of anilines is 1. The molecule has 5 heteroatoms. The summed E-state index contributed by atoms with van der Waals surface area (Å²) in [5.41, 5.74) is 1.49. The van der Waals surface area contributed by atoms with E-state index >= 15 is 0 Å². The summed E-state index contributed by atoms with van der Waals surface area (Å²) in [5.74, 6) is 1.32. The number of hydrogen-bond acceptors (Lipinski definition) is 5. The maximum atomic E-state index is 4.53. The lowest BCUT2D eigenvalue weighted by molar-refractivity contribution is 0.552. The Labute approximate surface area is 121 Å². The summed E-state index contributed by atoms with van der Waals surface area (Å²) < 4.78 is 0. The van der Waals surface area contributed by atoms with E-state index in [1.165, 1.54) is 4.88 Å². The summed E-state index contributed by atoms with van der Waals surface area (Å²) >= 11 is 1.76. The highest BCUT2D eigenvalue weighted by molar-refractivity contribution is 7.10. The van der Waals surface area contributed by atoms with Crippen molar-refractivity contribution in [3.05, 3.63) is 46.9 Å². The number of nitrogens with one attached hydrogen (secondary N) is 1. The molecule has 20 heavy (non-hydrogen) atoms. The van der Waals surface area contributed by atoms with E-state index < -0.39 is 0 Å². The van der Waals surface area contributed by atoms with E-state index in [-0.39, 0.29) is 6.04 Å². The van der Waals surface area contributed by atoms with Crippen LogP contribution in [0.3, 0.4) is 0 Å². The second-order valence-corrected chi connectivity index (χ2v) is 5.96. The highest BCUT2D eigenvalue weighted by atomic mass is 32.1. The molecule has 0 bridgehead atoms. The van der Waals surface area contributed by atoms with Gasteiger partial charge in [-0.05, 0) is 29.5 Å². The van der Waals surface area contributed by atoms with Crippen molar-refractivity contribution in [3.63, 3.8) is 0 Å². The van der Waals surface area contributed by atoms with Crippen molar-refractivity contribution >= 4 is 28.3 Å². The molecule has 0 aliphatic heterocycles. The van der Waals surface area contributed by atoms with Crippen LogP contribution in [0.1, 0.15) is 24.8 Å². The van der Waals surface area contributed by atoms with Gasteiger partial charge in [-0.1, -0.05) is 19.9 Å². The van der Waals surface area contributed by atoms with Crippen molar-refractivity contribution in [1.82, 2.24) is 15.0 Å². The smallest absolute Gasteiger partial charge is 0.180 e. The van der Waals surface area contributed by atoms with Gasteiger partial charge < -0.3 is 5.32 Å². The Morgan fingerprint density at radius 3 is 2.70 bits per heavy atom. The van der Waals surface area contributed by atoms with Crippen molar-refractivity contribution < 1.29 is 0 Å². The largest absolute Gasteiger partial charge is 0.362 e. The summed E-state index contributed by atoms with van der Waals surface area (Å²) in [4.78, 5) is 14.3. The Hall–Kier alpha value is -2.01. The third-order valence-electron chi connectivity index (χ3n) is 3.15. The standard InChI is InChI=1S/C15H16N4S/c1-10(2)14(12-4-3-9-20-12)18-13-6-5-11-15(19-13)17-8-7-16-11/h3-10,14H,1-2H3,(H,17,18,19). The fraction of sp³-hybridized carbons (Fsp3) is 0.267. The number of nitrogens with zero attached hydrogens (tertiary/aromatic N) is 3. The summed E-state index contributed by atoms with van der Waals surface area (Å²) in [7, 11) is 0. The van der Waals surface area contributed by atoms with Crippen LogP contribution in [0.5, 0.6) is 0 Å². The van der Waals surface area contributed by atoms with Gasteiger partial charge in [0, 0.05) is 17.3 Å². The van der Waals surface area contributed by atoms with Gasteiger partial charge in [0.05, 0.1) is 6.04 Å². The molecule has 3 heterocycles. The lowest BCUT2D eigenvalue weighted by Crippen LogP contribution is -2.16. The van der Waals surface area contributed by atoms with Gasteiger partial charge in [0.1, 0.15) is 11.3 Å². The molecule has 102 valence electrons. The molecule has 0 amide bonds. The van der Waals surface area contributed by atoms with Crippen LogP contribution in [0.25, 0.3) is 11.2 Å². The predicted molar refractivity (Wildman–Crippen MR) is 82.9 cm³/mol. The van der Waals surface area contributed by atoms with Gasteiger partial charge in [0.2, 0.25) is 0 Å². The normalized spacial score (nSPS) is 12.8. The Kier molecular flexibility index (Phi) is 3.60. The Morgan fingerprint density at radius 1 is 1.10 bits per heavy atom. The lowest BCUT2D eigenvalue weighted by Gasteiger charge is -2.21. The molecule has 3 aromatic heterocycles. The van der Waals surface area contributed by atoms with E-state index in [1.54, 1.807) is 23.7 Å². The van der Waals surface area contributed by atoms with Crippen molar-refractivity contribution in [2.75, 3.05) is 5.32 Å². The van der Waals surface area contributed by atoms with Crippen molar-refractivity contribution in [1.29, 1.82) is 0 Å². The third-order valence-corrected chi connectivity index (χ3v) is 4.11. The molecule has 1 unspecified atom stereocenters. The molecule has 1 atom stereocenters. The van der Waals surface area contributed by atoms with E-state index in [0.29, 0.717) is 11.6 Å². The van der Waals surface area contributed by atoms with Crippen LogP contribution in [-0.4, -0.2) is 15.0 Å². The highest BCUT2D eigenvalue weighted by Gasteiger charge is 2.17. The number of aromatic nitrogens is 3. The number of hydrogen-bond donors (Lipinski definition) is 1. The summed E-state index contributed by atoms with van der Waals surface area (Å²) in [5, 5.41) is 5.61. The van der Waals surface area contributed by atoms with E-state index in [2.05, 4.69) is 51.6 Å². The van der Waals surface area contributed by atoms with E-state index in [9.17, 15) is 0 Å². The van der Waals surface area contributed by atoms with Crippen LogP contribution < -0.4 is 5.32 Å². The van der Waals surface area contributed by atoms with Crippen LogP contribution in [0, 0.1) is 5.92 Å². The highest BCUT2D eigenvalue weighted by Crippen LogP contribution is 2.29. The van der Waals surface area contributed by atoms with E-state index in [1.807, 2.05) is 12.1 Å². The van der Waals surface area contributed by atoms with Gasteiger partial charge in [0.15, 0.2) is 5.65 Å². The minimum absolute atomic E-state index is 0.261. The molecule has 1 N–H and O–H groups in total. The summed E-state index contributed by atoms with van der Waals surface area (Å²) in [6.45, 7) is 4.41. The first-order chi connectivity index (χ1) is 9.74. The molecular weight excluding hydrogens is 268 g/mol. The predicted octanol–water partition coefficient (Wildman–Crippen LogP) is 3.90. The first-order valence-electron chi connectivity index (χ1n) is 6.62. The van der Waals surface area contributed by atoms with E-state index in [0.717, 1.165) is 11.3 Å². The quantitative estimate of drug-likeness (QED) is 0.789. The maximum absolute atomic E-state index is 4.53. The lowest BCUT2D eigenvalue weighted by atomic mass is 10.0. The van der Waals surface area contributed by atoms with Gasteiger partial charge in [-0.15, -0.1) is 11.3 Å². The molecule has 0 fully saturated rings. The van der Waals surface area contributed by atoms with Gasteiger partial charge >= 0.3 is 0 Å². The molecule has 0 aromatic carbocycles. The maximum Gasteiger partial charge on any atom is 0.180 e. The molecule has 0 radical (unpaired) electrons. The molecule has 3 aromatic rings. The zero-order valence-corrected chi connectivity index (χ0v) is 12.3. The molecule has 4 nitrogen and oxygen atoms in total. The minimum Gasteiger partial charge on any atom is -0.362 e. The molecule has 3 rings (SSSR count). The average molecular weight is 284 g/mol. The van der Waals surface area contributed by atoms with Crippen LogP contribution >= 0.6 is 11.3 Å². The molecule has 0 aliphatic rings.